The lowest BCUT2D eigenvalue weighted by atomic mass is 9.98. The largest absolute Gasteiger partial charge is 0.465 e. The van der Waals surface area contributed by atoms with Crippen LogP contribution in [0, 0.1) is 5.82 Å². The van der Waals surface area contributed by atoms with Gasteiger partial charge in [0.1, 0.15) is 5.82 Å². The number of hydrogen-bond acceptors (Lipinski definition) is 7. The van der Waals surface area contributed by atoms with Crippen LogP contribution in [0.5, 0.6) is 0 Å². The molecule has 0 spiro atoms. The van der Waals surface area contributed by atoms with Gasteiger partial charge in [-0.2, -0.15) is 0 Å². The number of hydrogen-bond donors (Lipinski definition) is 2. The molecule has 3 aliphatic heterocycles. The number of benzene rings is 3. The van der Waals surface area contributed by atoms with E-state index in [0.29, 0.717) is 66.4 Å². The predicted molar refractivity (Wildman–Crippen MR) is 153 cm³/mol. The Morgan fingerprint density at radius 1 is 1.00 bits per heavy atom. The molecule has 3 heterocycles. The number of carbonyl (C=O) groups is 3. The van der Waals surface area contributed by atoms with Gasteiger partial charge in [0.15, 0.2) is 0 Å². The molecule has 2 amide bonds. The highest BCUT2D eigenvalue weighted by molar-refractivity contribution is 6.37. The number of amides is 2. The number of methoxy groups -OCH3 is 1. The van der Waals surface area contributed by atoms with Crippen LogP contribution in [0.4, 0.5) is 21.5 Å². The molecule has 9 nitrogen and oxygen atoms in total. The molecule has 0 saturated carbocycles. The van der Waals surface area contributed by atoms with E-state index >= 15 is 0 Å². The Morgan fingerprint density at radius 3 is 2.51 bits per heavy atom. The van der Waals surface area contributed by atoms with Crippen LogP contribution in [-0.2, 0) is 25.5 Å². The van der Waals surface area contributed by atoms with E-state index in [1.807, 2.05) is 23.1 Å². The highest BCUT2D eigenvalue weighted by Gasteiger charge is 2.30. The molecule has 10 heteroatoms. The summed E-state index contributed by atoms with van der Waals surface area (Å²) in [4.78, 5) is 42.3. The van der Waals surface area contributed by atoms with E-state index < -0.39 is 11.8 Å². The van der Waals surface area contributed by atoms with Crippen molar-refractivity contribution in [1.82, 2.24) is 4.90 Å². The van der Waals surface area contributed by atoms with Crippen LogP contribution in [0.3, 0.4) is 0 Å². The summed E-state index contributed by atoms with van der Waals surface area (Å²) >= 11 is 0. The zero-order valence-electron chi connectivity index (χ0n) is 22.5. The van der Waals surface area contributed by atoms with Crippen molar-refractivity contribution in [3.05, 3.63) is 88.7 Å². The fourth-order valence-corrected chi connectivity index (χ4v) is 5.48. The number of anilines is 3. The molecule has 1 fully saturated rings. The van der Waals surface area contributed by atoms with Crippen molar-refractivity contribution in [2.75, 3.05) is 62.0 Å². The van der Waals surface area contributed by atoms with Crippen LogP contribution in [0.2, 0.25) is 0 Å². The van der Waals surface area contributed by atoms with Gasteiger partial charge < -0.3 is 25.0 Å². The first-order chi connectivity index (χ1) is 19.9. The lowest BCUT2D eigenvalue weighted by molar-refractivity contribution is -0.120. The van der Waals surface area contributed by atoms with Gasteiger partial charge in [0.2, 0.25) is 5.91 Å². The topological polar surface area (TPSA) is 100 Å². The van der Waals surface area contributed by atoms with E-state index in [1.165, 1.54) is 19.2 Å². The van der Waals surface area contributed by atoms with Crippen LogP contribution < -0.4 is 15.5 Å². The Labute approximate surface area is 236 Å². The number of nitrogens with zero attached hydrogens (tertiary/aromatic N) is 2. The lowest BCUT2D eigenvalue weighted by Gasteiger charge is -2.28. The number of ether oxygens (including phenoxy) is 2. The summed E-state index contributed by atoms with van der Waals surface area (Å²) in [7, 11) is 1.30. The second-order valence-electron chi connectivity index (χ2n) is 10.1. The first-order valence-corrected chi connectivity index (χ1v) is 13.5. The normalized spacial score (nSPS) is 17.5. The van der Waals surface area contributed by atoms with E-state index in [-0.39, 0.29) is 11.8 Å². The monoisotopic (exact) mass is 556 g/mol. The van der Waals surface area contributed by atoms with Gasteiger partial charge in [0.25, 0.3) is 5.91 Å². The molecule has 6 rings (SSSR count). The Morgan fingerprint density at radius 2 is 1.76 bits per heavy atom. The van der Waals surface area contributed by atoms with Crippen molar-refractivity contribution in [3.63, 3.8) is 0 Å². The quantitative estimate of drug-likeness (QED) is 0.352. The van der Waals surface area contributed by atoms with Gasteiger partial charge in [0.05, 0.1) is 49.4 Å². The van der Waals surface area contributed by atoms with Crippen molar-refractivity contribution in [3.8, 4) is 0 Å². The predicted octanol–water partition coefficient (Wildman–Crippen LogP) is 3.77. The average molecular weight is 557 g/mol. The highest BCUT2D eigenvalue weighted by Crippen LogP contribution is 2.39. The molecular formula is C31H29FN4O5. The summed E-state index contributed by atoms with van der Waals surface area (Å²) < 4.78 is 24.0. The zero-order chi connectivity index (χ0) is 28.5. The number of halogens is 1. The molecule has 0 radical (unpaired) electrons. The van der Waals surface area contributed by atoms with Crippen molar-refractivity contribution in [2.24, 2.45) is 0 Å². The molecule has 41 heavy (non-hydrogen) atoms. The van der Waals surface area contributed by atoms with E-state index in [9.17, 15) is 18.8 Å². The van der Waals surface area contributed by atoms with E-state index in [2.05, 4.69) is 15.5 Å². The number of fused-ring (bicyclic) bond motifs is 2. The summed E-state index contributed by atoms with van der Waals surface area (Å²) in [6.07, 6.45) is 0.710. The van der Waals surface area contributed by atoms with Gasteiger partial charge in [-0.25, -0.2) is 9.18 Å². The SMILES string of the molecule is COC(=O)c1ccc2c(c1)NC(=O)/C2=C(\Nc1ccc2c(c1)CCN2C(=O)CN1CCOCC1)c1ccc(F)cc1. The zero-order valence-corrected chi connectivity index (χ0v) is 22.5. The summed E-state index contributed by atoms with van der Waals surface area (Å²) in [5, 5.41) is 6.23. The van der Waals surface area contributed by atoms with Crippen LogP contribution in [0.25, 0.3) is 11.3 Å². The third-order valence-electron chi connectivity index (χ3n) is 7.58. The minimum atomic E-state index is -0.507. The molecule has 0 unspecified atom stereocenters. The average Bonchev–Trinajstić information content (AvgIpc) is 3.56. The van der Waals surface area contributed by atoms with Crippen LogP contribution in [-0.4, -0.2) is 69.2 Å². The maximum absolute atomic E-state index is 13.8. The number of nitrogens with one attached hydrogen (secondary N) is 2. The minimum Gasteiger partial charge on any atom is -0.465 e. The maximum atomic E-state index is 13.8. The Balaban J connectivity index is 1.32. The van der Waals surface area contributed by atoms with Crippen LogP contribution in [0.15, 0.2) is 60.7 Å². The summed E-state index contributed by atoms with van der Waals surface area (Å²) in [5.74, 6) is -1.19. The first-order valence-electron chi connectivity index (χ1n) is 13.5. The van der Waals surface area contributed by atoms with Gasteiger partial charge in [0, 0.05) is 36.6 Å². The lowest BCUT2D eigenvalue weighted by Crippen LogP contribution is -2.44. The summed E-state index contributed by atoms with van der Waals surface area (Å²) in [6.45, 7) is 3.73. The molecule has 2 N–H and O–H groups in total. The molecule has 0 aromatic heterocycles. The highest BCUT2D eigenvalue weighted by atomic mass is 19.1. The number of rotatable bonds is 6. The van der Waals surface area contributed by atoms with Gasteiger partial charge in [-0.05, 0) is 72.1 Å². The third-order valence-corrected chi connectivity index (χ3v) is 7.58. The van der Waals surface area contributed by atoms with E-state index in [4.69, 9.17) is 9.47 Å². The summed E-state index contributed by atoms with van der Waals surface area (Å²) in [5.41, 5.74) is 5.51. The van der Waals surface area contributed by atoms with Gasteiger partial charge in [-0.3, -0.25) is 14.5 Å². The Kier molecular flexibility index (Phi) is 7.25. The molecule has 3 aromatic carbocycles. The second kappa shape index (κ2) is 11.1. The smallest absolute Gasteiger partial charge is 0.337 e. The molecule has 0 atom stereocenters. The fraction of sp³-hybridized carbons (Fsp3) is 0.258. The van der Waals surface area contributed by atoms with Gasteiger partial charge >= 0.3 is 5.97 Å². The molecule has 210 valence electrons. The van der Waals surface area contributed by atoms with E-state index in [1.54, 1.807) is 30.3 Å². The molecule has 0 aliphatic carbocycles. The van der Waals surface area contributed by atoms with Crippen molar-refractivity contribution in [2.45, 2.75) is 6.42 Å². The molecular weight excluding hydrogens is 527 g/mol. The van der Waals surface area contributed by atoms with Crippen molar-refractivity contribution in [1.29, 1.82) is 0 Å². The first kappa shape index (κ1) is 26.7. The standard InChI is InChI=1S/C31H29FN4O5/c1-40-31(39)21-4-8-24-25(17-21)34-30(38)28(24)29(19-2-5-22(32)6-3-19)33-23-7-9-26-20(16-23)10-11-36(26)27(37)18-35-12-14-41-15-13-35/h2-9,16-17,33H,10-15,18H2,1H3,(H,34,38)/b29-28-. The Hall–Kier alpha value is -4.54. The Bertz CT molecular complexity index is 1560. The minimum absolute atomic E-state index is 0.0611. The van der Waals surface area contributed by atoms with Gasteiger partial charge in [-0.15, -0.1) is 0 Å². The van der Waals surface area contributed by atoms with Crippen LogP contribution in [0.1, 0.15) is 27.0 Å². The van der Waals surface area contributed by atoms with Crippen molar-refractivity contribution >= 4 is 46.1 Å². The van der Waals surface area contributed by atoms with Crippen LogP contribution >= 0.6 is 0 Å². The number of esters is 1. The molecule has 0 bridgehead atoms. The third kappa shape index (κ3) is 5.31. The second-order valence-corrected chi connectivity index (χ2v) is 10.1. The van der Waals surface area contributed by atoms with Gasteiger partial charge in [-0.1, -0.05) is 6.07 Å². The molecule has 3 aromatic rings. The van der Waals surface area contributed by atoms with Crippen molar-refractivity contribution < 1.29 is 28.2 Å². The number of morpholine rings is 1. The van der Waals surface area contributed by atoms with E-state index in [0.717, 1.165) is 30.0 Å². The summed E-state index contributed by atoms with van der Waals surface area (Å²) in [6, 6.07) is 16.5. The maximum Gasteiger partial charge on any atom is 0.337 e. The molecule has 3 aliphatic rings. The fourth-order valence-electron chi connectivity index (χ4n) is 5.48. The number of carbonyl (C=O) groups excluding carboxylic acids is 3. The molecule has 1 saturated heterocycles.